The first-order valence-corrected chi connectivity index (χ1v) is 5.96. The number of hydrogen-bond donors (Lipinski definition) is 2. The van der Waals surface area contributed by atoms with Crippen LogP contribution in [-0.2, 0) is 0 Å². The molecule has 0 aliphatic heterocycles. The first-order chi connectivity index (χ1) is 9.97. The molecular formula is C15H11NO5. The number of ketones is 1. The molecule has 106 valence electrons. The molecule has 2 rings (SSSR count). The molecule has 6 nitrogen and oxygen atoms in total. The maximum atomic E-state index is 11.9. The van der Waals surface area contributed by atoms with Gasteiger partial charge in [0.15, 0.2) is 11.5 Å². The van der Waals surface area contributed by atoms with Crippen LogP contribution in [0.4, 0.5) is 5.69 Å². The van der Waals surface area contributed by atoms with E-state index in [1.807, 2.05) is 0 Å². The van der Waals surface area contributed by atoms with Crippen LogP contribution in [0.1, 0.15) is 15.9 Å². The highest BCUT2D eigenvalue weighted by atomic mass is 16.6. The van der Waals surface area contributed by atoms with E-state index in [-0.39, 0.29) is 11.5 Å². The van der Waals surface area contributed by atoms with Gasteiger partial charge in [0.25, 0.3) is 0 Å². The van der Waals surface area contributed by atoms with Gasteiger partial charge in [0.1, 0.15) is 5.75 Å². The lowest BCUT2D eigenvalue weighted by Crippen LogP contribution is -1.93. The van der Waals surface area contributed by atoms with Crippen LogP contribution in [0.15, 0.2) is 48.5 Å². The summed E-state index contributed by atoms with van der Waals surface area (Å²) in [5.41, 5.74) is 0.287. The third-order valence-electron chi connectivity index (χ3n) is 2.75. The standard InChI is InChI=1S/C15H11NO5/c17-12-3-1-2-11(9-12)14(18)6-4-10-5-7-15(19)13(8-10)16(20)21/h1-9,17,19H/b6-4+. The van der Waals surface area contributed by atoms with Crippen molar-refractivity contribution in [3.8, 4) is 11.5 Å². The highest BCUT2D eigenvalue weighted by Gasteiger charge is 2.12. The van der Waals surface area contributed by atoms with Crippen LogP contribution in [0, 0.1) is 10.1 Å². The van der Waals surface area contributed by atoms with E-state index >= 15 is 0 Å². The third-order valence-corrected chi connectivity index (χ3v) is 2.75. The zero-order chi connectivity index (χ0) is 15.4. The number of aromatic hydroxyl groups is 2. The average Bonchev–Trinajstić information content (AvgIpc) is 2.45. The minimum absolute atomic E-state index is 0.0190. The number of hydrogen-bond acceptors (Lipinski definition) is 5. The van der Waals surface area contributed by atoms with Gasteiger partial charge in [-0.1, -0.05) is 24.3 Å². The Kier molecular flexibility index (Phi) is 3.99. The van der Waals surface area contributed by atoms with Gasteiger partial charge in [-0.05, 0) is 29.8 Å². The first kappa shape index (κ1) is 14.3. The molecule has 0 heterocycles. The number of carbonyl (C=O) groups is 1. The van der Waals surface area contributed by atoms with Gasteiger partial charge in [0, 0.05) is 11.6 Å². The van der Waals surface area contributed by atoms with Crippen molar-refractivity contribution in [2.24, 2.45) is 0 Å². The Morgan fingerprint density at radius 1 is 1.14 bits per heavy atom. The zero-order valence-corrected chi connectivity index (χ0v) is 10.8. The SMILES string of the molecule is O=C(/C=C/c1ccc(O)c([N+](=O)[O-])c1)c1cccc(O)c1. The maximum absolute atomic E-state index is 11.9. The number of phenolic OH excluding ortho intramolecular Hbond substituents is 2. The van der Waals surface area contributed by atoms with Gasteiger partial charge in [0.2, 0.25) is 0 Å². The van der Waals surface area contributed by atoms with Crippen molar-refractivity contribution in [2.75, 3.05) is 0 Å². The fourth-order valence-corrected chi connectivity index (χ4v) is 1.72. The normalized spacial score (nSPS) is 10.7. The molecule has 0 unspecified atom stereocenters. The number of nitrogens with zero attached hydrogens (tertiary/aromatic N) is 1. The van der Waals surface area contributed by atoms with Gasteiger partial charge in [-0.15, -0.1) is 0 Å². The molecule has 6 heteroatoms. The Labute approximate surface area is 119 Å². The van der Waals surface area contributed by atoms with Crippen molar-refractivity contribution in [3.63, 3.8) is 0 Å². The highest BCUT2D eigenvalue weighted by Crippen LogP contribution is 2.26. The van der Waals surface area contributed by atoms with Gasteiger partial charge in [-0.2, -0.15) is 0 Å². The fourth-order valence-electron chi connectivity index (χ4n) is 1.72. The Hall–Kier alpha value is -3.15. The Bertz CT molecular complexity index is 737. The number of benzene rings is 2. The number of carbonyl (C=O) groups excluding carboxylic acids is 1. The van der Waals surface area contributed by atoms with Crippen LogP contribution in [0.25, 0.3) is 6.08 Å². The number of nitro groups is 1. The second kappa shape index (κ2) is 5.87. The molecule has 2 aromatic rings. The Morgan fingerprint density at radius 3 is 2.57 bits per heavy atom. The molecule has 0 bridgehead atoms. The molecule has 2 N–H and O–H groups in total. The molecule has 0 amide bonds. The van der Waals surface area contributed by atoms with E-state index < -0.39 is 16.4 Å². The summed E-state index contributed by atoms with van der Waals surface area (Å²) in [7, 11) is 0. The van der Waals surface area contributed by atoms with Crippen LogP contribution >= 0.6 is 0 Å². The summed E-state index contributed by atoms with van der Waals surface area (Å²) in [4.78, 5) is 21.9. The topological polar surface area (TPSA) is 101 Å². The highest BCUT2D eigenvalue weighted by molar-refractivity contribution is 6.07. The van der Waals surface area contributed by atoms with Crippen LogP contribution in [-0.4, -0.2) is 20.9 Å². The van der Waals surface area contributed by atoms with E-state index in [0.29, 0.717) is 11.1 Å². The summed E-state index contributed by atoms with van der Waals surface area (Å²) >= 11 is 0. The first-order valence-electron chi connectivity index (χ1n) is 5.96. The summed E-state index contributed by atoms with van der Waals surface area (Å²) in [6.45, 7) is 0. The third kappa shape index (κ3) is 3.44. The molecular weight excluding hydrogens is 274 g/mol. The molecule has 0 saturated carbocycles. The fraction of sp³-hybridized carbons (Fsp3) is 0. The minimum atomic E-state index is -0.705. The van der Waals surface area contributed by atoms with E-state index in [2.05, 4.69) is 0 Å². The van der Waals surface area contributed by atoms with Crippen molar-refractivity contribution < 1.29 is 19.9 Å². The number of nitro benzene ring substituents is 1. The molecule has 2 aromatic carbocycles. The Morgan fingerprint density at radius 2 is 1.90 bits per heavy atom. The molecule has 21 heavy (non-hydrogen) atoms. The number of allylic oxidation sites excluding steroid dienone is 1. The van der Waals surface area contributed by atoms with Crippen LogP contribution in [0.5, 0.6) is 11.5 Å². The largest absolute Gasteiger partial charge is 0.508 e. The van der Waals surface area contributed by atoms with E-state index in [1.54, 1.807) is 12.1 Å². The van der Waals surface area contributed by atoms with Gasteiger partial charge < -0.3 is 10.2 Å². The second-order valence-corrected chi connectivity index (χ2v) is 4.25. The molecule has 0 radical (unpaired) electrons. The maximum Gasteiger partial charge on any atom is 0.311 e. The van der Waals surface area contributed by atoms with Gasteiger partial charge in [-0.25, -0.2) is 0 Å². The smallest absolute Gasteiger partial charge is 0.311 e. The summed E-state index contributed by atoms with van der Waals surface area (Å²) in [5, 5.41) is 29.3. The van der Waals surface area contributed by atoms with Crippen molar-refractivity contribution in [1.29, 1.82) is 0 Å². The summed E-state index contributed by atoms with van der Waals surface area (Å²) in [5.74, 6) is -0.799. The van der Waals surface area contributed by atoms with Crippen molar-refractivity contribution in [3.05, 3.63) is 69.8 Å². The monoisotopic (exact) mass is 285 g/mol. The predicted octanol–water partition coefficient (Wildman–Crippen LogP) is 2.90. The Balaban J connectivity index is 2.23. The summed E-state index contributed by atoms with van der Waals surface area (Å²) in [6, 6.07) is 9.68. The lowest BCUT2D eigenvalue weighted by Gasteiger charge is -1.98. The quantitative estimate of drug-likeness (QED) is 0.389. The molecule has 0 saturated heterocycles. The molecule has 0 fully saturated rings. The average molecular weight is 285 g/mol. The summed E-state index contributed by atoms with van der Waals surface area (Å²) < 4.78 is 0. The van der Waals surface area contributed by atoms with Gasteiger partial charge in [-0.3, -0.25) is 14.9 Å². The molecule has 0 aliphatic rings. The second-order valence-electron chi connectivity index (χ2n) is 4.25. The van der Waals surface area contributed by atoms with Gasteiger partial charge in [0.05, 0.1) is 4.92 Å². The van der Waals surface area contributed by atoms with Crippen molar-refractivity contribution >= 4 is 17.5 Å². The van der Waals surface area contributed by atoms with Crippen LogP contribution < -0.4 is 0 Å². The van der Waals surface area contributed by atoms with Crippen LogP contribution in [0.3, 0.4) is 0 Å². The molecule has 0 aromatic heterocycles. The number of phenols is 2. The van der Waals surface area contributed by atoms with Gasteiger partial charge >= 0.3 is 5.69 Å². The molecule has 0 atom stereocenters. The lowest BCUT2D eigenvalue weighted by atomic mass is 10.1. The van der Waals surface area contributed by atoms with E-state index in [4.69, 9.17) is 0 Å². The van der Waals surface area contributed by atoms with E-state index in [1.165, 1.54) is 42.5 Å². The number of rotatable bonds is 4. The van der Waals surface area contributed by atoms with E-state index in [9.17, 15) is 25.1 Å². The van der Waals surface area contributed by atoms with E-state index in [0.717, 1.165) is 0 Å². The predicted molar refractivity (Wildman–Crippen MR) is 76.2 cm³/mol. The zero-order valence-electron chi connectivity index (χ0n) is 10.8. The van der Waals surface area contributed by atoms with Crippen molar-refractivity contribution in [1.82, 2.24) is 0 Å². The lowest BCUT2D eigenvalue weighted by molar-refractivity contribution is -0.385. The van der Waals surface area contributed by atoms with Crippen LogP contribution in [0.2, 0.25) is 0 Å². The summed E-state index contributed by atoms with van der Waals surface area (Å²) in [6.07, 6.45) is 2.64. The minimum Gasteiger partial charge on any atom is -0.508 e. The molecule has 0 spiro atoms. The molecule has 0 aliphatic carbocycles. The van der Waals surface area contributed by atoms with Crippen molar-refractivity contribution in [2.45, 2.75) is 0 Å².